The number of aromatic hydroxyl groups is 1. The fourth-order valence-electron chi connectivity index (χ4n) is 1.73. The Morgan fingerprint density at radius 1 is 1.06 bits per heavy atom. The standard InChI is InChI=1S/C13H8FNO2/c14-9-3-6-12-11(7-9)13(17-15-12)8-1-4-10(16)5-2-8/h1-7,16H. The molecule has 0 saturated carbocycles. The molecule has 0 aliphatic carbocycles. The summed E-state index contributed by atoms with van der Waals surface area (Å²) in [6.45, 7) is 0. The van der Waals surface area contributed by atoms with Crippen molar-refractivity contribution in [2.45, 2.75) is 0 Å². The van der Waals surface area contributed by atoms with Gasteiger partial charge >= 0.3 is 0 Å². The van der Waals surface area contributed by atoms with Crippen LogP contribution in [0.3, 0.4) is 0 Å². The second kappa shape index (κ2) is 3.59. The van der Waals surface area contributed by atoms with Crippen LogP contribution in [0.25, 0.3) is 22.2 Å². The van der Waals surface area contributed by atoms with Crippen LogP contribution in [0.2, 0.25) is 0 Å². The number of phenolic OH excluding ortho intramolecular Hbond substituents is 1. The summed E-state index contributed by atoms with van der Waals surface area (Å²) in [6.07, 6.45) is 0. The predicted molar refractivity (Wildman–Crippen MR) is 61.1 cm³/mol. The molecule has 1 heterocycles. The molecule has 0 fully saturated rings. The SMILES string of the molecule is Oc1ccc(-c2onc3ccc(F)cc23)cc1. The summed E-state index contributed by atoms with van der Waals surface area (Å²) < 4.78 is 18.4. The average Bonchev–Trinajstić information content (AvgIpc) is 2.73. The van der Waals surface area contributed by atoms with Crippen LogP contribution in [0.4, 0.5) is 4.39 Å². The Morgan fingerprint density at radius 3 is 2.59 bits per heavy atom. The Hall–Kier alpha value is -2.36. The lowest BCUT2D eigenvalue weighted by molar-refractivity contribution is 0.440. The number of hydrogen-bond donors (Lipinski definition) is 1. The molecule has 0 unspecified atom stereocenters. The van der Waals surface area contributed by atoms with Gasteiger partial charge in [0.05, 0.1) is 5.39 Å². The maximum absolute atomic E-state index is 13.2. The largest absolute Gasteiger partial charge is 0.508 e. The molecular formula is C13H8FNO2. The summed E-state index contributed by atoms with van der Waals surface area (Å²) in [4.78, 5) is 0. The first-order chi connectivity index (χ1) is 8.24. The molecule has 0 spiro atoms. The molecule has 17 heavy (non-hydrogen) atoms. The number of rotatable bonds is 1. The third-order valence-corrected chi connectivity index (χ3v) is 2.57. The van der Waals surface area contributed by atoms with E-state index in [0.29, 0.717) is 16.7 Å². The normalized spacial score (nSPS) is 10.9. The van der Waals surface area contributed by atoms with Gasteiger partial charge in [0.2, 0.25) is 0 Å². The molecule has 0 amide bonds. The average molecular weight is 229 g/mol. The molecule has 3 rings (SSSR count). The molecule has 1 aromatic heterocycles. The quantitative estimate of drug-likeness (QED) is 0.696. The van der Waals surface area contributed by atoms with E-state index >= 15 is 0 Å². The van der Waals surface area contributed by atoms with Crippen LogP contribution < -0.4 is 0 Å². The molecule has 4 heteroatoms. The second-order valence-electron chi connectivity index (χ2n) is 3.72. The van der Waals surface area contributed by atoms with Gasteiger partial charge in [0.15, 0.2) is 5.76 Å². The van der Waals surface area contributed by atoms with Crippen LogP contribution >= 0.6 is 0 Å². The highest BCUT2D eigenvalue weighted by molar-refractivity contribution is 5.91. The van der Waals surface area contributed by atoms with Crippen LogP contribution in [-0.2, 0) is 0 Å². The van der Waals surface area contributed by atoms with E-state index in [1.165, 1.54) is 12.1 Å². The zero-order chi connectivity index (χ0) is 11.8. The summed E-state index contributed by atoms with van der Waals surface area (Å²) in [5.41, 5.74) is 1.35. The maximum atomic E-state index is 13.2. The molecule has 84 valence electrons. The molecule has 2 aromatic carbocycles. The second-order valence-corrected chi connectivity index (χ2v) is 3.72. The van der Waals surface area contributed by atoms with Gasteiger partial charge in [-0.25, -0.2) is 4.39 Å². The van der Waals surface area contributed by atoms with E-state index in [2.05, 4.69) is 5.16 Å². The third kappa shape index (κ3) is 1.63. The number of fused-ring (bicyclic) bond motifs is 1. The van der Waals surface area contributed by atoms with Crippen LogP contribution in [-0.4, -0.2) is 10.3 Å². The van der Waals surface area contributed by atoms with Crippen molar-refractivity contribution in [3.8, 4) is 17.1 Å². The minimum absolute atomic E-state index is 0.170. The summed E-state index contributed by atoms with van der Waals surface area (Å²) in [5.74, 6) is 0.337. The van der Waals surface area contributed by atoms with E-state index in [0.717, 1.165) is 5.56 Å². The minimum Gasteiger partial charge on any atom is -0.508 e. The first kappa shape index (κ1) is 9.84. The number of benzene rings is 2. The van der Waals surface area contributed by atoms with E-state index in [1.54, 1.807) is 30.3 Å². The first-order valence-corrected chi connectivity index (χ1v) is 5.08. The molecule has 0 aliphatic heterocycles. The summed E-state index contributed by atoms with van der Waals surface area (Å²) in [7, 11) is 0. The molecule has 0 saturated heterocycles. The smallest absolute Gasteiger partial charge is 0.174 e. The number of hydrogen-bond acceptors (Lipinski definition) is 3. The Labute approximate surface area is 96.1 Å². The number of halogens is 1. The Bertz CT molecular complexity index is 673. The van der Waals surface area contributed by atoms with Crippen molar-refractivity contribution in [3.05, 3.63) is 48.3 Å². The Kier molecular flexibility index (Phi) is 2.08. The lowest BCUT2D eigenvalue weighted by atomic mass is 10.1. The fourth-order valence-corrected chi connectivity index (χ4v) is 1.73. The van der Waals surface area contributed by atoms with Gasteiger partial charge in [0.1, 0.15) is 17.1 Å². The Morgan fingerprint density at radius 2 is 1.82 bits per heavy atom. The number of nitrogens with zero attached hydrogens (tertiary/aromatic N) is 1. The zero-order valence-electron chi connectivity index (χ0n) is 8.72. The maximum Gasteiger partial charge on any atom is 0.174 e. The molecule has 1 N–H and O–H groups in total. The van der Waals surface area contributed by atoms with E-state index in [-0.39, 0.29) is 11.6 Å². The zero-order valence-corrected chi connectivity index (χ0v) is 8.72. The number of aromatic nitrogens is 1. The van der Waals surface area contributed by atoms with Gasteiger partial charge in [-0.2, -0.15) is 0 Å². The monoisotopic (exact) mass is 229 g/mol. The van der Waals surface area contributed by atoms with Crippen molar-refractivity contribution < 1.29 is 14.0 Å². The topological polar surface area (TPSA) is 46.3 Å². The van der Waals surface area contributed by atoms with Crippen LogP contribution in [0.5, 0.6) is 5.75 Å². The first-order valence-electron chi connectivity index (χ1n) is 5.08. The highest BCUT2D eigenvalue weighted by Crippen LogP contribution is 2.29. The molecule has 3 aromatic rings. The van der Waals surface area contributed by atoms with Crippen LogP contribution in [0, 0.1) is 5.82 Å². The lowest BCUT2D eigenvalue weighted by Gasteiger charge is -1.97. The van der Waals surface area contributed by atoms with Crippen molar-refractivity contribution >= 4 is 10.9 Å². The summed E-state index contributed by atoms with van der Waals surface area (Å²) in [6, 6.07) is 10.8. The van der Waals surface area contributed by atoms with E-state index in [4.69, 9.17) is 4.52 Å². The molecule has 0 atom stereocenters. The van der Waals surface area contributed by atoms with Gasteiger partial charge in [-0.05, 0) is 42.5 Å². The molecule has 0 bridgehead atoms. The molecule has 3 nitrogen and oxygen atoms in total. The van der Waals surface area contributed by atoms with Gasteiger partial charge < -0.3 is 9.63 Å². The van der Waals surface area contributed by atoms with Crippen LogP contribution in [0.15, 0.2) is 47.0 Å². The van der Waals surface area contributed by atoms with Gasteiger partial charge in [-0.1, -0.05) is 5.16 Å². The van der Waals surface area contributed by atoms with E-state index < -0.39 is 0 Å². The van der Waals surface area contributed by atoms with Gasteiger partial charge in [0.25, 0.3) is 0 Å². The fraction of sp³-hybridized carbons (Fsp3) is 0. The van der Waals surface area contributed by atoms with Crippen molar-refractivity contribution in [1.82, 2.24) is 5.16 Å². The van der Waals surface area contributed by atoms with Crippen molar-refractivity contribution in [3.63, 3.8) is 0 Å². The van der Waals surface area contributed by atoms with Gasteiger partial charge in [-0.15, -0.1) is 0 Å². The summed E-state index contributed by atoms with van der Waals surface area (Å²) in [5, 5.41) is 13.7. The molecule has 0 aliphatic rings. The van der Waals surface area contributed by atoms with Gasteiger partial charge in [-0.3, -0.25) is 0 Å². The predicted octanol–water partition coefficient (Wildman–Crippen LogP) is 3.34. The third-order valence-electron chi connectivity index (χ3n) is 2.57. The van der Waals surface area contributed by atoms with Crippen molar-refractivity contribution in [1.29, 1.82) is 0 Å². The minimum atomic E-state index is -0.333. The van der Waals surface area contributed by atoms with Gasteiger partial charge in [0, 0.05) is 5.56 Å². The van der Waals surface area contributed by atoms with Crippen molar-refractivity contribution in [2.75, 3.05) is 0 Å². The van der Waals surface area contributed by atoms with E-state index in [9.17, 15) is 9.50 Å². The summed E-state index contributed by atoms with van der Waals surface area (Å²) >= 11 is 0. The molecular weight excluding hydrogens is 221 g/mol. The highest BCUT2D eigenvalue weighted by atomic mass is 19.1. The van der Waals surface area contributed by atoms with E-state index in [1.807, 2.05) is 0 Å². The lowest BCUT2D eigenvalue weighted by Crippen LogP contribution is -1.76. The van der Waals surface area contributed by atoms with Crippen LogP contribution in [0.1, 0.15) is 0 Å². The Balaban J connectivity index is 2.23. The number of phenols is 1. The molecule has 0 radical (unpaired) electrons. The van der Waals surface area contributed by atoms with Crippen molar-refractivity contribution in [2.24, 2.45) is 0 Å². The highest BCUT2D eigenvalue weighted by Gasteiger charge is 2.11.